The average Bonchev–Trinajstić information content (AvgIpc) is 3.08. The van der Waals surface area contributed by atoms with Gasteiger partial charge in [-0.2, -0.15) is 0 Å². The molecule has 2 nitrogen and oxygen atoms in total. The summed E-state index contributed by atoms with van der Waals surface area (Å²) in [6, 6.07) is 17.9. The fraction of sp³-hybridized carbons (Fsp3) is 0.158. The lowest BCUT2D eigenvalue weighted by Gasteiger charge is -2.12. The first-order valence-corrected chi connectivity index (χ1v) is 9.23. The van der Waals surface area contributed by atoms with Crippen LogP contribution in [0.4, 0.5) is 0 Å². The molecule has 3 rings (SSSR count). The van der Waals surface area contributed by atoms with Crippen LogP contribution in [0.5, 0.6) is 5.75 Å². The fourth-order valence-electron chi connectivity index (χ4n) is 2.33. The smallest absolute Gasteiger partial charge is 0.156 e. The topological polar surface area (TPSA) is 21.3 Å². The normalized spacial score (nSPS) is 10.8. The molecule has 0 unspecified atom stereocenters. The maximum Gasteiger partial charge on any atom is 0.156 e. The van der Waals surface area contributed by atoms with Crippen LogP contribution in [0.25, 0.3) is 0 Å². The van der Waals surface area contributed by atoms with E-state index in [4.69, 9.17) is 27.9 Å². The third kappa shape index (κ3) is 4.74. The maximum atomic E-state index is 6.34. The monoisotopic (exact) mass is 377 g/mol. The van der Waals surface area contributed by atoms with Gasteiger partial charge in [0.25, 0.3) is 0 Å². The highest BCUT2D eigenvalue weighted by Gasteiger charge is 2.10. The van der Waals surface area contributed by atoms with Crippen molar-refractivity contribution in [2.24, 2.45) is 0 Å². The standard InChI is InChI=1S/C19H17Cl2NOS/c20-17-9-15(11-22-12-16-7-4-8-24-16)10-18(21)19(17)23-13-14-5-2-1-3-6-14/h1-10,22H,11-13H2. The molecular weight excluding hydrogens is 361 g/mol. The summed E-state index contributed by atoms with van der Waals surface area (Å²) < 4.78 is 5.79. The van der Waals surface area contributed by atoms with Crippen molar-refractivity contribution in [3.05, 3.63) is 86.0 Å². The molecule has 0 amide bonds. The second-order valence-corrected chi connectivity index (χ2v) is 7.19. The molecule has 0 spiro atoms. The SMILES string of the molecule is Clc1cc(CNCc2cccs2)cc(Cl)c1OCc1ccccc1. The minimum atomic E-state index is 0.441. The summed E-state index contributed by atoms with van der Waals surface area (Å²) in [6.07, 6.45) is 0. The van der Waals surface area contributed by atoms with Crippen molar-refractivity contribution in [2.75, 3.05) is 0 Å². The number of rotatable bonds is 7. The number of ether oxygens (including phenoxy) is 1. The third-order valence-corrected chi connectivity index (χ3v) is 4.93. The Morgan fingerprint density at radius 1 is 0.875 bits per heavy atom. The van der Waals surface area contributed by atoms with E-state index < -0.39 is 0 Å². The number of nitrogens with one attached hydrogen (secondary N) is 1. The van der Waals surface area contributed by atoms with E-state index in [0.717, 1.165) is 17.7 Å². The Balaban J connectivity index is 1.60. The molecule has 0 aliphatic heterocycles. The van der Waals surface area contributed by atoms with Gasteiger partial charge in [0.05, 0.1) is 10.0 Å². The van der Waals surface area contributed by atoms with E-state index in [2.05, 4.69) is 16.8 Å². The Hall–Kier alpha value is -1.52. The van der Waals surface area contributed by atoms with E-state index in [-0.39, 0.29) is 0 Å². The molecule has 0 aliphatic rings. The molecule has 2 aromatic carbocycles. The zero-order valence-corrected chi connectivity index (χ0v) is 15.3. The molecule has 0 atom stereocenters. The van der Waals surface area contributed by atoms with Crippen molar-refractivity contribution in [1.82, 2.24) is 5.32 Å². The number of benzene rings is 2. The molecule has 0 radical (unpaired) electrons. The molecule has 0 aliphatic carbocycles. The van der Waals surface area contributed by atoms with Gasteiger partial charge in [0.1, 0.15) is 6.61 Å². The van der Waals surface area contributed by atoms with Gasteiger partial charge < -0.3 is 10.1 Å². The second-order valence-electron chi connectivity index (χ2n) is 5.35. The summed E-state index contributed by atoms with van der Waals surface area (Å²) in [7, 11) is 0. The molecule has 0 bridgehead atoms. The van der Waals surface area contributed by atoms with Crippen LogP contribution < -0.4 is 10.1 Å². The van der Waals surface area contributed by atoms with Gasteiger partial charge in [0.15, 0.2) is 5.75 Å². The summed E-state index contributed by atoms with van der Waals surface area (Å²) in [5.74, 6) is 0.532. The van der Waals surface area contributed by atoms with E-state index in [0.29, 0.717) is 28.9 Å². The van der Waals surface area contributed by atoms with Crippen LogP contribution in [0.15, 0.2) is 60.0 Å². The molecule has 1 aromatic heterocycles. The first-order chi connectivity index (χ1) is 11.7. The van der Waals surface area contributed by atoms with E-state index in [9.17, 15) is 0 Å². The first kappa shape index (κ1) is 17.3. The van der Waals surface area contributed by atoms with E-state index in [1.165, 1.54) is 4.88 Å². The Morgan fingerprint density at radius 3 is 2.29 bits per heavy atom. The molecule has 24 heavy (non-hydrogen) atoms. The molecule has 3 aromatic rings. The Bertz CT molecular complexity index is 752. The Kier molecular flexibility index (Phi) is 6.16. The van der Waals surface area contributed by atoms with Crippen LogP contribution in [0, 0.1) is 0 Å². The average molecular weight is 378 g/mol. The number of halogens is 2. The zero-order chi connectivity index (χ0) is 16.8. The number of thiophene rings is 1. The number of hydrogen-bond acceptors (Lipinski definition) is 3. The highest BCUT2D eigenvalue weighted by molar-refractivity contribution is 7.09. The molecule has 1 heterocycles. The van der Waals surface area contributed by atoms with Crippen molar-refractivity contribution in [1.29, 1.82) is 0 Å². The summed E-state index contributed by atoms with van der Waals surface area (Å²) in [5.41, 5.74) is 2.11. The van der Waals surface area contributed by atoms with Gasteiger partial charge in [0.2, 0.25) is 0 Å². The van der Waals surface area contributed by atoms with Gasteiger partial charge in [-0.15, -0.1) is 11.3 Å². The molecular formula is C19H17Cl2NOS. The molecule has 0 saturated heterocycles. The van der Waals surface area contributed by atoms with Gasteiger partial charge in [-0.3, -0.25) is 0 Å². The van der Waals surface area contributed by atoms with Crippen molar-refractivity contribution < 1.29 is 4.74 Å². The summed E-state index contributed by atoms with van der Waals surface area (Å²) in [6.45, 7) is 1.98. The van der Waals surface area contributed by atoms with Gasteiger partial charge in [0, 0.05) is 18.0 Å². The van der Waals surface area contributed by atoms with Crippen molar-refractivity contribution in [3.63, 3.8) is 0 Å². The van der Waals surface area contributed by atoms with Crippen molar-refractivity contribution in [3.8, 4) is 5.75 Å². The van der Waals surface area contributed by atoms with Crippen LogP contribution in [0.1, 0.15) is 16.0 Å². The van der Waals surface area contributed by atoms with Crippen molar-refractivity contribution in [2.45, 2.75) is 19.7 Å². The van der Waals surface area contributed by atoms with Crippen LogP contribution in [0.3, 0.4) is 0 Å². The summed E-state index contributed by atoms with van der Waals surface area (Å²) in [4.78, 5) is 1.30. The zero-order valence-electron chi connectivity index (χ0n) is 13.0. The highest BCUT2D eigenvalue weighted by atomic mass is 35.5. The van der Waals surface area contributed by atoms with Crippen LogP contribution in [0.2, 0.25) is 10.0 Å². The van der Waals surface area contributed by atoms with Crippen LogP contribution >= 0.6 is 34.5 Å². The quantitative estimate of drug-likeness (QED) is 0.551. The third-order valence-electron chi connectivity index (χ3n) is 3.49. The second kappa shape index (κ2) is 8.54. The lowest BCUT2D eigenvalue weighted by Crippen LogP contribution is -2.11. The largest absolute Gasteiger partial charge is 0.486 e. The number of hydrogen-bond donors (Lipinski definition) is 1. The Labute approximate surface area is 156 Å². The minimum absolute atomic E-state index is 0.441. The fourth-order valence-corrected chi connectivity index (χ4v) is 3.64. The lowest BCUT2D eigenvalue weighted by atomic mass is 10.2. The molecule has 1 N–H and O–H groups in total. The molecule has 5 heteroatoms. The van der Waals surface area contributed by atoms with Gasteiger partial charge >= 0.3 is 0 Å². The maximum absolute atomic E-state index is 6.34. The van der Waals surface area contributed by atoms with Crippen molar-refractivity contribution >= 4 is 34.5 Å². The predicted molar refractivity (Wildman–Crippen MR) is 102 cm³/mol. The van der Waals surface area contributed by atoms with E-state index in [1.807, 2.05) is 48.5 Å². The van der Waals surface area contributed by atoms with Gasteiger partial charge in [-0.25, -0.2) is 0 Å². The lowest BCUT2D eigenvalue weighted by molar-refractivity contribution is 0.306. The van der Waals surface area contributed by atoms with E-state index >= 15 is 0 Å². The molecule has 0 fully saturated rings. The molecule has 124 valence electrons. The van der Waals surface area contributed by atoms with Crippen LogP contribution in [-0.2, 0) is 19.7 Å². The predicted octanol–water partition coefficient (Wildman–Crippen LogP) is 5.92. The van der Waals surface area contributed by atoms with Gasteiger partial charge in [-0.05, 0) is 34.7 Å². The van der Waals surface area contributed by atoms with Crippen LogP contribution in [-0.4, -0.2) is 0 Å². The highest BCUT2D eigenvalue weighted by Crippen LogP contribution is 2.34. The molecule has 0 saturated carbocycles. The summed E-state index contributed by atoms with van der Waals surface area (Å²) >= 11 is 14.4. The van der Waals surface area contributed by atoms with Gasteiger partial charge in [-0.1, -0.05) is 59.6 Å². The first-order valence-electron chi connectivity index (χ1n) is 7.60. The van der Waals surface area contributed by atoms with E-state index in [1.54, 1.807) is 11.3 Å². The Morgan fingerprint density at radius 2 is 1.62 bits per heavy atom. The summed E-state index contributed by atoms with van der Waals surface area (Å²) in [5, 5.41) is 6.53. The minimum Gasteiger partial charge on any atom is -0.486 e.